The molecule has 3 atom stereocenters. The van der Waals surface area contributed by atoms with Gasteiger partial charge in [0.15, 0.2) is 0 Å². The van der Waals surface area contributed by atoms with Crippen LogP contribution in [0.15, 0.2) is 30.3 Å². The van der Waals surface area contributed by atoms with Crippen molar-refractivity contribution in [3.05, 3.63) is 35.9 Å². The van der Waals surface area contributed by atoms with Crippen LogP contribution in [0.25, 0.3) is 0 Å². The molecule has 0 saturated carbocycles. The van der Waals surface area contributed by atoms with Crippen molar-refractivity contribution in [3.63, 3.8) is 0 Å². The van der Waals surface area contributed by atoms with Gasteiger partial charge < -0.3 is 9.64 Å². The molecule has 130 valence electrons. The molecule has 3 aliphatic rings. The molecule has 0 unspecified atom stereocenters. The number of likely N-dealkylation sites (tertiary alicyclic amines) is 1. The van der Waals surface area contributed by atoms with Gasteiger partial charge in [0.2, 0.25) is 15.9 Å². The molecule has 24 heavy (non-hydrogen) atoms. The first-order valence-corrected chi connectivity index (χ1v) is 9.87. The molecule has 1 aromatic rings. The number of ether oxygens (including phenoxy) is 1. The zero-order valence-electron chi connectivity index (χ0n) is 13.7. The third-order valence-electron chi connectivity index (χ3n) is 5.45. The van der Waals surface area contributed by atoms with E-state index in [1.54, 1.807) is 9.21 Å². The van der Waals surface area contributed by atoms with Crippen molar-refractivity contribution >= 4 is 15.9 Å². The fourth-order valence-corrected chi connectivity index (χ4v) is 6.60. The number of rotatable bonds is 3. The monoisotopic (exact) mass is 350 g/mol. The van der Waals surface area contributed by atoms with Crippen LogP contribution in [0.5, 0.6) is 0 Å². The number of fused-ring (bicyclic) bond motifs is 1. The van der Waals surface area contributed by atoms with Crippen molar-refractivity contribution in [3.8, 4) is 0 Å². The smallest absolute Gasteiger partial charge is 0.220 e. The lowest BCUT2D eigenvalue weighted by atomic mass is 9.99. The second-order valence-electron chi connectivity index (χ2n) is 7.04. The van der Waals surface area contributed by atoms with Crippen LogP contribution in [0.2, 0.25) is 0 Å². The summed E-state index contributed by atoms with van der Waals surface area (Å²) in [5.74, 6) is -0.0107. The number of hydrogen-bond donors (Lipinski definition) is 0. The summed E-state index contributed by atoms with van der Waals surface area (Å²) in [6, 6.07) is 9.88. The van der Waals surface area contributed by atoms with E-state index in [1.807, 2.05) is 30.3 Å². The molecule has 0 aromatic heterocycles. The first-order chi connectivity index (χ1) is 11.4. The Kier molecular flexibility index (Phi) is 3.71. The summed E-state index contributed by atoms with van der Waals surface area (Å²) in [4.78, 5) is 13.5. The summed E-state index contributed by atoms with van der Waals surface area (Å²) >= 11 is 0. The Morgan fingerprint density at radius 3 is 2.75 bits per heavy atom. The van der Waals surface area contributed by atoms with Crippen molar-refractivity contribution in [2.75, 3.05) is 26.2 Å². The molecule has 3 heterocycles. The van der Waals surface area contributed by atoms with Crippen LogP contribution in [0.3, 0.4) is 0 Å². The molecule has 3 saturated heterocycles. The van der Waals surface area contributed by atoms with Gasteiger partial charge in [-0.25, -0.2) is 8.42 Å². The van der Waals surface area contributed by atoms with E-state index in [-0.39, 0.29) is 12.0 Å². The molecular formula is C17H22N2O4S. The van der Waals surface area contributed by atoms with Gasteiger partial charge in [-0.1, -0.05) is 30.3 Å². The Hall–Kier alpha value is -1.44. The Morgan fingerprint density at radius 1 is 1.29 bits per heavy atom. The van der Waals surface area contributed by atoms with E-state index >= 15 is 0 Å². The molecule has 1 aromatic carbocycles. The normalized spacial score (nSPS) is 34.3. The summed E-state index contributed by atoms with van der Waals surface area (Å²) in [7, 11) is -3.38. The van der Waals surface area contributed by atoms with Crippen molar-refractivity contribution in [2.24, 2.45) is 0 Å². The highest BCUT2D eigenvalue weighted by Gasteiger charge is 2.65. The number of benzene rings is 1. The molecule has 0 aliphatic carbocycles. The average Bonchev–Trinajstić information content (AvgIpc) is 2.92. The molecule has 4 rings (SSSR count). The second kappa shape index (κ2) is 5.54. The highest BCUT2D eigenvalue weighted by molar-refractivity contribution is 7.90. The van der Waals surface area contributed by atoms with Gasteiger partial charge in [-0.2, -0.15) is 4.31 Å². The molecule has 0 radical (unpaired) electrons. The minimum absolute atomic E-state index is 0.0107. The molecule has 6 nitrogen and oxygen atoms in total. The minimum atomic E-state index is -3.38. The molecule has 0 N–H and O–H groups in total. The Bertz CT molecular complexity index is 751. The van der Waals surface area contributed by atoms with Crippen LogP contribution in [-0.2, 0) is 26.0 Å². The molecule has 7 heteroatoms. The molecule has 2 bridgehead atoms. The minimum Gasteiger partial charge on any atom is -0.365 e. The van der Waals surface area contributed by atoms with Crippen LogP contribution in [0.4, 0.5) is 0 Å². The fourth-order valence-electron chi connectivity index (χ4n) is 4.29. The van der Waals surface area contributed by atoms with Crippen molar-refractivity contribution in [1.29, 1.82) is 0 Å². The molecule has 1 spiro atoms. The van der Waals surface area contributed by atoms with Gasteiger partial charge in [-0.3, -0.25) is 4.79 Å². The maximum absolute atomic E-state index is 13.0. The van der Waals surface area contributed by atoms with Crippen LogP contribution in [0, 0.1) is 0 Å². The zero-order valence-corrected chi connectivity index (χ0v) is 14.5. The van der Waals surface area contributed by atoms with E-state index in [0.29, 0.717) is 39.0 Å². The Morgan fingerprint density at radius 2 is 2.04 bits per heavy atom. The topological polar surface area (TPSA) is 66.9 Å². The highest BCUT2D eigenvalue weighted by Crippen LogP contribution is 2.46. The lowest BCUT2D eigenvalue weighted by Crippen LogP contribution is -2.56. The van der Waals surface area contributed by atoms with Crippen LogP contribution < -0.4 is 0 Å². The molecule has 3 fully saturated rings. The number of sulfonamides is 1. The summed E-state index contributed by atoms with van der Waals surface area (Å²) in [5.41, 5.74) is 0.375. The summed E-state index contributed by atoms with van der Waals surface area (Å²) in [6.07, 6.45) is 1.02. The van der Waals surface area contributed by atoms with Crippen LogP contribution >= 0.6 is 0 Å². The molecule has 1 amide bonds. The number of morpholine rings is 1. The number of amides is 1. The van der Waals surface area contributed by atoms with Crippen LogP contribution in [-0.4, -0.2) is 66.7 Å². The number of carbonyl (C=O) groups excluding carboxylic acids is 1. The quantitative estimate of drug-likeness (QED) is 0.802. The number of carbonyl (C=O) groups is 1. The second-order valence-corrected chi connectivity index (χ2v) is 9.16. The fraction of sp³-hybridized carbons (Fsp3) is 0.588. The van der Waals surface area contributed by atoms with Gasteiger partial charge in [0.1, 0.15) is 10.9 Å². The predicted molar refractivity (Wildman–Crippen MR) is 88.9 cm³/mol. The maximum Gasteiger partial charge on any atom is 0.220 e. The van der Waals surface area contributed by atoms with Gasteiger partial charge in [0.25, 0.3) is 0 Å². The third-order valence-corrected chi connectivity index (χ3v) is 7.82. The standard InChI is InChI=1S/C17H22N2O4S/c1-13(20)18-10-15-9-16-17(11-18,23-15)12-19(24(16,21)22)8-7-14-5-3-2-4-6-14/h2-6,15-16H,7-12H2,1H3/t15-,16+,17+/m0/s1. The number of hydrogen-bond acceptors (Lipinski definition) is 4. The lowest BCUT2D eigenvalue weighted by molar-refractivity contribution is -0.148. The number of nitrogens with zero attached hydrogens (tertiary/aromatic N) is 2. The van der Waals surface area contributed by atoms with Crippen molar-refractivity contribution in [1.82, 2.24) is 9.21 Å². The van der Waals surface area contributed by atoms with E-state index in [0.717, 1.165) is 5.56 Å². The first-order valence-electron chi connectivity index (χ1n) is 8.37. The maximum atomic E-state index is 13.0. The summed E-state index contributed by atoms with van der Waals surface area (Å²) in [6.45, 7) is 3.23. The third kappa shape index (κ3) is 2.46. The largest absolute Gasteiger partial charge is 0.365 e. The average molecular weight is 350 g/mol. The lowest BCUT2D eigenvalue weighted by Gasteiger charge is -2.39. The van der Waals surface area contributed by atoms with E-state index in [9.17, 15) is 13.2 Å². The van der Waals surface area contributed by atoms with Gasteiger partial charge in [0.05, 0.1) is 12.6 Å². The van der Waals surface area contributed by atoms with E-state index < -0.39 is 20.9 Å². The van der Waals surface area contributed by atoms with Crippen molar-refractivity contribution in [2.45, 2.75) is 36.7 Å². The Balaban J connectivity index is 1.54. The SMILES string of the molecule is CC(=O)N1C[C@@H]2C[C@@H]3[C@@](C1)(CN(CCc1ccccc1)S3(=O)=O)O2. The van der Waals surface area contributed by atoms with Gasteiger partial charge in [-0.15, -0.1) is 0 Å². The molecule has 3 aliphatic heterocycles. The zero-order chi connectivity index (χ0) is 16.9. The van der Waals surface area contributed by atoms with Gasteiger partial charge in [-0.05, 0) is 18.4 Å². The first kappa shape index (κ1) is 16.1. The molecular weight excluding hydrogens is 328 g/mol. The van der Waals surface area contributed by atoms with Gasteiger partial charge in [0, 0.05) is 26.6 Å². The van der Waals surface area contributed by atoms with E-state index in [4.69, 9.17) is 4.74 Å². The van der Waals surface area contributed by atoms with Gasteiger partial charge >= 0.3 is 0 Å². The summed E-state index contributed by atoms with van der Waals surface area (Å²) in [5, 5.41) is -0.518. The van der Waals surface area contributed by atoms with Crippen LogP contribution in [0.1, 0.15) is 18.9 Å². The highest BCUT2D eigenvalue weighted by atomic mass is 32.2. The summed E-state index contributed by atoms with van der Waals surface area (Å²) < 4.78 is 33.6. The Labute approximate surface area is 142 Å². The predicted octanol–water partition coefficient (Wildman–Crippen LogP) is 0.633. The van der Waals surface area contributed by atoms with Crippen molar-refractivity contribution < 1.29 is 17.9 Å². The van der Waals surface area contributed by atoms with E-state index in [1.165, 1.54) is 6.92 Å². The van der Waals surface area contributed by atoms with E-state index in [2.05, 4.69) is 0 Å².